The molecule has 1 aliphatic heterocycles. The Kier molecular flexibility index (Phi) is 9.63. The SMILES string of the molecule is COc1ccc([C@@H]2Sc3ccccc3N(CCN(C)C)C(=O)[C@@H]2O)cc1.Nc1cc(S(=O)(=O)O)ccc1O. The van der Waals surface area contributed by atoms with Crippen LogP contribution in [0.4, 0.5) is 11.4 Å². The maximum absolute atomic E-state index is 13.0. The highest BCUT2D eigenvalue weighted by atomic mass is 32.2. The molecule has 10 nitrogen and oxygen atoms in total. The Morgan fingerprint density at radius 1 is 1.08 bits per heavy atom. The van der Waals surface area contributed by atoms with E-state index >= 15 is 0 Å². The summed E-state index contributed by atoms with van der Waals surface area (Å²) in [6, 6.07) is 18.5. The molecule has 38 heavy (non-hydrogen) atoms. The third-order valence-corrected chi connectivity index (χ3v) is 7.96. The van der Waals surface area contributed by atoms with Crippen LogP contribution >= 0.6 is 11.8 Å². The van der Waals surface area contributed by atoms with Gasteiger partial charge < -0.3 is 30.5 Å². The van der Waals surface area contributed by atoms with Gasteiger partial charge in [-0.25, -0.2) is 0 Å². The predicted octanol–water partition coefficient (Wildman–Crippen LogP) is 3.02. The standard InChI is InChI=1S/C20H24N2O3S.C6H7NO4S/c1-21(2)12-13-22-16-6-4-5-7-17(16)26-19(18(23)20(22)24)14-8-10-15(25-3)11-9-14;7-5-3-4(12(9,10)11)1-2-6(5)8/h4-11,18-19,23H,12-13H2,1-3H3;1-3,8H,7H2,(H,9,10,11)/t18-,19+;/m1./s1. The maximum Gasteiger partial charge on any atom is 0.294 e. The first-order valence-electron chi connectivity index (χ1n) is 11.5. The molecule has 0 fully saturated rings. The highest BCUT2D eigenvalue weighted by molar-refractivity contribution is 7.99. The summed E-state index contributed by atoms with van der Waals surface area (Å²) in [4.78, 5) is 17.4. The van der Waals surface area contributed by atoms with E-state index in [2.05, 4.69) is 0 Å². The van der Waals surface area contributed by atoms with E-state index in [1.807, 2.05) is 67.5 Å². The van der Waals surface area contributed by atoms with Crippen molar-refractivity contribution < 1.29 is 32.7 Å². The lowest BCUT2D eigenvalue weighted by Crippen LogP contribution is -2.43. The van der Waals surface area contributed by atoms with E-state index in [0.717, 1.165) is 46.6 Å². The van der Waals surface area contributed by atoms with Crippen LogP contribution in [0.5, 0.6) is 11.5 Å². The van der Waals surface area contributed by atoms with Crippen LogP contribution in [-0.4, -0.2) is 74.4 Å². The molecule has 0 aliphatic carbocycles. The maximum atomic E-state index is 13.0. The van der Waals surface area contributed by atoms with Gasteiger partial charge in [0.2, 0.25) is 0 Å². The minimum Gasteiger partial charge on any atom is -0.506 e. The minimum atomic E-state index is -4.23. The van der Waals surface area contributed by atoms with Gasteiger partial charge in [0.15, 0.2) is 0 Å². The third-order valence-electron chi connectivity index (χ3n) is 5.73. The van der Waals surface area contributed by atoms with Crippen molar-refractivity contribution >= 4 is 39.2 Å². The summed E-state index contributed by atoms with van der Waals surface area (Å²) < 4.78 is 34.8. The number of nitrogens with two attached hydrogens (primary N) is 1. The van der Waals surface area contributed by atoms with Gasteiger partial charge in [-0.15, -0.1) is 11.8 Å². The summed E-state index contributed by atoms with van der Waals surface area (Å²) in [5.74, 6) is 0.272. The number of anilines is 2. The van der Waals surface area contributed by atoms with Gasteiger partial charge in [-0.1, -0.05) is 24.3 Å². The Labute approximate surface area is 226 Å². The number of aliphatic hydroxyl groups is 1. The molecule has 0 aromatic heterocycles. The van der Waals surface area contributed by atoms with Crippen molar-refractivity contribution in [2.75, 3.05) is 44.9 Å². The summed E-state index contributed by atoms with van der Waals surface area (Å²) in [5, 5.41) is 19.4. The average molecular weight is 562 g/mol. The normalized spacial score (nSPS) is 17.3. The molecule has 3 aromatic rings. The number of methoxy groups -OCH3 is 1. The van der Waals surface area contributed by atoms with Gasteiger partial charge in [0, 0.05) is 18.0 Å². The molecule has 5 N–H and O–H groups in total. The number of hydrogen-bond acceptors (Lipinski definition) is 9. The second kappa shape index (κ2) is 12.5. The van der Waals surface area contributed by atoms with Crippen LogP contribution in [-0.2, 0) is 14.9 Å². The van der Waals surface area contributed by atoms with Gasteiger partial charge in [0.25, 0.3) is 16.0 Å². The molecule has 0 bridgehead atoms. The fourth-order valence-electron chi connectivity index (χ4n) is 3.66. The molecule has 0 saturated heterocycles. The number of amides is 1. The molecule has 0 radical (unpaired) electrons. The molecule has 204 valence electrons. The van der Waals surface area contributed by atoms with Crippen LogP contribution in [0.3, 0.4) is 0 Å². The van der Waals surface area contributed by atoms with Crippen molar-refractivity contribution in [2.24, 2.45) is 0 Å². The number of hydrogen-bond donors (Lipinski definition) is 4. The van der Waals surface area contributed by atoms with Crippen molar-refractivity contribution in [1.29, 1.82) is 0 Å². The van der Waals surface area contributed by atoms with Crippen molar-refractivity contribution in [3.8, 4) is 11.5 Å². The van der Waals surface area contributed by atoms with E-state index < -0.39 is 16.2 Å². The number of carbonyl (C=O) groups excluding carboxylic acids is 1. The number of fused-ring (bicyclic) bond motifs is 1. The minimum absolute atomic E-state index is 0.0925. The van der Waals surface area contributed by atoms with E-state index in [9.17, 15) is 18.3 Å². The molecule has 3 aromatic carbocycles. The van der Waals surface area contributed by atoms with Gasteiger partial charge in [-0.2, -0.15) is 8.42 Å². The van der Waals surface area contributed by atoms with Crippen LogP contribution in [0.2, 0.25) is 0 Å². The molecule has 1 aliphatic rings. The number of benzene rings is 3. The van der Waals surface area contributed by atoms with Gasteiger partial charge in [-0.3, -0.25) is 9.35 Å². The van der Waals surface area contributed by atoms with Crippen LogP contribution < -0.4 is 15.4 Å². The Bertz CT molecular complexity index is 1370. The molecule has 0 unspecified atom stereocenters. The number of nitrogen functional groups attached to an aromatic ring is 1. The zero-order valence-electron chi connectivity index (χ0n) is 21.2. The third kappa shape index (κ3) is 7.17. The van der Waals surface area contributed by atoms with Gasteiger partial charge in [0.05, 0.1) is 28.6 Å². The Balaban J connectivity index is 0.000000279. The Hall–Kier alpha value is -3.29. The molecule has 1 amide bonds. The molecule has 2 atom stereocenters. The first-order valence-corrected chi connectivity index (χ1v) is 13.8. The van der Waals surface area contributed by atoms with Gasteiger partial charge >= 0.3 is 0 Å². The average Bonchev–Trinajstić information content (AvgIpc) is 2.98. The highest BCUT2D eigenvalue weighted by Crippen LogP contribution is 2.45. The summed E-state index contributed by atoms with van der Waals surface area (Å²) in [6.45, 7) is 1.26. The molecular weight excluding hydrogens is 530 g/mol. The lowest BCUT2D eigenvalue weighted by Gasteiger charge is -2.26. The zero-order chi connectivity index (χ0) is 28.0. The van der Waals surface area contributed by atoms with Crippen LogP contribution in [0.1, 0.15) is 10.8 Å². The van der Waals surface area contributed by atoms with E-state index in [1.165, 1.54) is 11.8 Å². The smallest absolute Gasteiger partial charge is 0.294 e. The second-order valence-corrected chi connectivity index (χ2v) is 11.3. The second-order valence-electron chi connectivity index (χ2n) is 8.71. The number of para-hydroxylation sites is 1. The van der Waals surface area contributed by atoms with Crippen LogP contribution in [0.25, 0.3) is 0 Å². The number of aromatic hydroxyl groups is 1. The van der Waals surface area contributed by atoms with Crippen molar-refractivity contribution in [1.82, 2.24) is 4.90 Å². The number of nitrogens with zero attached hydrogens (tertiary/aromatic N) is 2. The highest BCUT2D eigenvalue weighted by Gasteiger charge is 2.37. The number of rotatable bonds is 6. The molecule has 0 saturated carbocycles. The predicted molar refractivity (Wildman–Crippen MR) is 147 cm³/mol. The van der Waals surface area contributed by atoms with Gasteiger partial charge in [0.1, 0.15) is 17.6 Å². The first-order chi connectivity index (χ1) is 17.9. The molecule has 1 heterocycles. The van der Waals surface area contributed by atoms with E-state index in [1.54, 1.807) is 12.0 Å². The number of aliphatic hydroxyl groups excluding tert-OH is 1. The number of ether oxygens (including phenoxy) is 1. The van der Waals surface area contributed by atoms with E-state index in [0.29, 0.717) is 6.54 Å². The lowest BCUT2D eigenvalue weighted by atomic mass is 10.1. The van der Waals surface area contributed by atoms with Crippen molar-refractivity contribution in [2.45, 2.75) is 21.1 Å². The fourth-order valence-corrected chi connectivity index (χ4v) is 5.44. The summed E-state index contributed by atoms with van der Waals surface area (Å²) in [6.07, 6.45) is -1.11. The lowest BCUT2D eigenvalue weighted by molar-refractivity contribution is -0.126. The number of likely N-dealkylation sites (N-methyl/N-ethyl adjacent to an activating group) is 1. The fraction of sp³-hybridized carbons (Fsp3) is 0.269. The first kappa shape index (κ1) is 29.3. The van der Waals surface area contributed by atoms with Crippen LogP contribution in [0, 0.1) is 0 Å². The molecule has 0 spiro atoms. The van der Waals surface area contributed by atoms with E-state index in [-0.39, 0.29) is 27.5 Å². The zero-order valence-corrected chi connectivity index (χ0v) is 22.8. The van der Waals surface area contributed by atoms with Crippen LogP contribution in [0.15, 0.2) is 76.5 Å². The molecule has 12 heteroatoms. The Morgan fingerprint density at radius 2 is 1.74 bits per heavy atom. The van der Waals surface area contributed by atoms with Crippen molar-refractivity contribution in [3.63, 3.8) is 0 Å². The van der Waals surface area contributed by atoms with Gasteiger partial charge in [-0.05, 0) is 62.1 Å². The molecule has 4 rings (SSSR count). The summed E-state index contributed by atoms with van der Waals surface area (Å²) in [7, 11) is 1.33. The number of thioether (sulfide) groups is 1. The summed E-state index contributed by atoms with van der Waals surface area (Å²) in [5.41, 5.74) is 6.86. The summed E-state index contributed by atoms with van der Waals surface area (Å²) >= 11 is 1.53. The molecular formula is C26H31N3O7S2. The number of phenols is 1. The monoisotopic (exact) mass is 561 g/mol. The largest absolute Gasteiger partial charge is 0.506 e. The van der Waals surface area contributed by atoms with E-state index in [4.69, 9.17) is 20.1 Å². The number of carbonyl (C=O) groups is 1. The van der Waals surface area contributed by atoms with Crippen molar-refractivity contribution in [3.05, 3.63) is 72.3 Å². The Morgan fingerprint density at radius 3 is 2.32 bits per heavy atom. The topological polar surface area (TPSA) is 154 Å². The quantitative estimate of drug-likeness (QED) is 0.201. The number of phenolic OH excluding ortho intramolecular Hbond substituents is 1.